The molecule has 64 heavy (non-hydrogen) atoms. The third-order valence-corrected chi connectivity index (χ3v) is 10.2. The maximum Gasteiger partial charge on any atom is 0.235 e. The second kappa shape index (κ2) is 21.2. The van der Waals surface area contributed by atoms with Crippen LogP contribution in [0.3, 0.4) is 0 Å². The summed E-state index contributed by atoms with van der Waals surface area (Å²) in [7, 11) is 1.61. The maximum atomic E-state index is 13.6. The third kappa shape index (κ3) is 11.2. The molecule has 0 saturated heterocycles. The Kier molecular flexibility index (Phi) is 14.4. The molecule has 5 aromatic carbocycles. The van der Waals surface area contributed by atoms with Gasteiger partial charge in [-0.1, -0.05) is 29.5 Å². The lowest BCUT2D eigenvalue weighted by molar-refractivity contribution is 0.0333. The molecule has 0 N–H and O–H groups in total. The van der Waals surface area contributed by atoms with Gasteiger partial charge in [-0.05, 0) is 116 Å². The number of hydrogen-bond donors (Lipinski definition) is 0. The zero-order chi connectivity index (χ0) is 44.1. The number of nitrogens with zero attached hydrogens (tertiary/aromatic N) is 3. The number of fused-ring (bicyclic) bond motifs is 2. The van der Waals surface area contributed by atoms with Crippen LogP contribution >= 0.6 is 0 Å². The fraction of sp³-hybridized carbons (Fsp3) is 0.240. The van der Waals surface area contributed by atoms with Crippen molar-refractivity contribution in [3.8, 4) is 45.6 Å². The van der Waals surface area contributed by atoms with Crippen LogP contribution in [0.5, 0.6) is 23.0 Å². The van der Waals surface area contributed by atoms with Gasteiger partial charge in [0.1, 0.15) is 53.2 Å². The van der Waals surface area contributed by atoms with E-state index in [0.717, 1.165) is 30.5 Å². The molecule has 0 atom stereocenters. The van der Waals surface area contributed by atoms with Gasteiger partial charge < -0.3 is 37.3 Å². The Morgan fingerprint density at radius 2 is 1.38 bits per heavy atom. The molecule has 8 rings (SSSR count). The van der Waals surface area contributed by atoms with Crippen LogP contribution in [0.2, 0.25) is 0 Å². The SMILES string of the molecule is COc1cccc(COc2c(-c3ccc(OCCCCc4cn(CCOCCOCCOc5ccc(-c6cc(=O)c7cc(F)ccc7o6)cc5)nn4)cc3)oc3ccccc3c2=O)c1. The number of ether oxygens (including phenoxy) is 6. The number of hydrogen-bond acceptors (Lipinski definition) is 12. The average molecular weight is 868 g/mol. The van der Waals surface area contributed by atoms with Crippen LogP contribution in [0, 0.1) is 5.82 Å². The Hall–Kier alpha value is -7.29. The van der Waals surface area contributed by atoms with Gasteiger partial charge in [0.05, 0.1) is 63.2 Å². The number of aromatic nitrogens is 3. The van der Waals surface area contributed by atoms with Crippen molar-refractivity contribution in [1.29, 1.82) is 0 Å². The van der Waals surface area contributed by atoms with Crippen molar-refractivity contribution in [3.63, 3.8) is 0 Å². The zero-order valence-electron chi connectivity index (χ0n) is 35.2. The van der Waals surface area contributed by atoms with E-state index in [1.165, 1.54) is 24.3 Å². The van der Waals surface area contributed by atoms with Gasteiger partial charge >= 0.3 is 0 Å². The first-order valence-corrected chi connectivity index (χ1v) is 21.0. The highest BCUT2D eigenvalue weighted by Gasteiger charge is 2.18. The predicted octanol–water partition coefficient (Wildman–Crippen LogP) is 9.07. The Morgan fingerprint density at radius 1 is 0.641 bits per heavy atom. The second-order valence-corrected chi connectivity index (χ2v) is 14.7. The molecule has 0 spiro atoms. The van der Waals surface area contributed by atoms with Crippen LogP contribution in [0.4, 0.5) is 4.39 Å². The van der Waals surface area contributed by atoms with Gasteiger partial charge in [0.2, 0.25) is 11.2 Å². The molecule has 3 aromatic heterocycles. The van der Waals surface area contributed by atoms with Gasteiger partial charge in [0.15, 0.2) is 11.2 Å². The first-order valence-electron chi connectivity index (χ1n) is 21.0. The molecule has 13 nitrogen and oxygen atoms in total. The summed E-state index contributed by atoms with van der Waals surface area (Å²) in [6, 6.07) is 34.5. The quantitative estimate of drug-likeness (QED) is 0.0599. The van der Waals surface area contributed by atoms with Crippen molar-refractivity contribution in [2.75, 3.05) is 46.8 Å². The van der Waals surface area contributed by atoms with Gasteiger partial charge in [0, 0.05) is 23.4 Å². The van der Waals surface area contributed by atoms with E-state index in [1.807, 2.05) is 60.8 Å². The number of benzene rings is 5. The molecule has 0 amide bonds. The van der Waals surface area contributed by atoms with Crippen LogP contribution < -0.4 is 29.8 Å². The van der Waals surface area contributed by atoms with Crippen LogP contribution in [0.25, 0.3) is 44.6 Å². The first kappa shape index (κ1) is 43.4. The summed E-state index contributed by atoms with van der Waals surface area (Å²) in [6.07, 6.45) is 4.41. The molecule has 0 aliphatic rings. The molecule has 3 heterocycles. The second-order valence-electron chi connectivity index (χ2n) is 14.7. The monoisotopic (exact) mass is 867 g/mol. The highest BCUT2D eigenvalue weighted by molar-refractivity contribution is 5.82. The lowest BCUT2D eigenvalue weighted by Crippen LogP contribution is -2.13. The van der Waals surface area contributed by atoms with Crippen LogP contribution in [0.1, 0.15) is 24.1 Å². The minimum atomic E-state index is -0.487. The molecule has 0 aliphatic carbocycles. The lowest BCUT2D eigenvalue weighted by atomic mass is 10.1. The molecular formula is C50H46FN3O10. The van der Waals surface area contributed by atoms with Crippen molar-refractivity contribution >= 4 is 21.9 Å². The topological polar surface area (TPSA) is 147 Å². The summed E-state index contributed by atoms with van der Waals surface area (Å²) in [5.74, 6) is 2.46. The molecule has 0 fully saturated rings. The number of aryl methyl sites for hydroxylation is 1. The number of rotatable bonds is 22. The molecule has 0 saturated carbocycles. The maximum absolute atomic E-state index is 13.6. The van der Waals surface area contributed by atoms with E-state index >= 15 is 0 Å². The van der Waals surface area contributed by atoms with Crippen molar-refractivity contribution in [1.82, 2.24) is 15.0 Å². The zero-order valence-corrected chi connectivity index (χ0v) is 35.2. The van der Waals surface area contributed by atoms with Gasteiger partial charge in [-0.3, -0.25) is 9.59 Å². The van der Waals surface area contributed by atoms with E-state index < -0.39 is 5.82 Å². The van der Waals surface area contributed by atoms with E-state index in [0.29, 0.717) is 103 Å². The van der Waals surface area contributed by atoms with Gasteiger partial charge in [-0.15, -0.1) is 5.10 Å². The normalized spacial score (nSPS) is 11.3. The van der Waals surface area contributed by atoms with E-state index in [-0.39, 0.29) is 28.6 Å². The number of unbranched alkanes of at least 4 members (excludes halogenated alkanes) is 1. The summed E-state index contributed by atoms with van der Waals surface area (Å²) >= 11 is 0. The highest BCUT2D eigenvalue weighted by Crippen LogP contribution is 2.33. The Bertz CT molecular complexity index is 2910. The summed E-state index contributed by atoms with van der Waals surface area (Å²) in [4.78, 5) is 26.0. The van der Waals surface area contributed by atoms with Crippen molar-refractivity contribution in [2.45, 2.75) is 32.4 Å². The molecule has 0 unspecified atom stereocenters. The minimum absolute atomic E-state index is 0.144. The first-order chi connectivity index (χ1) is 31.4. The van der Waals surface area contributed by atoms with Crippen LogP contribution in [0.15, 0.2) is 146 Å². The van der Waals surface area contributed by atoms with Crippen molar-refractivity contribution in [2.24, 2.45) is 0 Å². The predicted molar refractivity (Wildman–Crippen MR) is 239 cm³/mol. The molecule has 328 valence electrons. The van der Waals surface area contributed by atoms with E-state index in [9.17, 15) is 14.0 Å². The molecule has 0 aliphatic heterocycles. The van der Waals surface area contributed by atoms with Crippen molar-refractivity contribution in [3.05, 3.63) is 165 Å². The largest absolute Gasteiger partial charge is 0.497 e. The fourth-order valence-electron chi connectivity index (χ4n) is 6.91. The van der Waals surface area contributed by atoms with E-state index in [2.05, 4.69) is 10.3 Å². The molecular weight excluding hydrogens is 822 g/mol. The molecule has 14 heteroatoms. The fourth-order valence-corrected chi connectivity index (χ4v) is 6.91. The number of para-hydroxylation sites is 1. The summed E-state index contributed by atoms with van der Waals surface area (Å²) in [5.41, 5.74) is 3.42. The third-order valence-electron chi connectivity index (χ3n) is 10.2. The van der Waals surface area contributed by atoms with Crippen molar-refractivity contribution < 1.29 is 41.6 Å². The van der Waals surface area contributed by atoms with E-state index in [4.69, 9.17) is 37.3 Å². The molecule has 0 radical (unpaired) electrons. The Morgan fingerprint density at radius 3 is 2.19 bits per heavy atom. The number of methoxy groups -OCH3 is 1. The van der Waals surface area contributed by atoms with Gasteiger partial charge in [0.25, 0.3) is 0 Å². The summed E-state index contributed by atoms with van der Waals surface area (Å²) < 4.78 is 61.9. The van der Waals surface area contributed by atoms with Gasteiger partial charge in [-0.25, -0.2) is 9.07 Å². The Labute approximate surface area is 367 Å². The van der Waals surface area contributed by atoms with Crippen LogP contribution in [-0.4, -0.2) is 61.7 Å². The smallest absolute Gasteiger partial charge is 0.235 e. The summed E-state index contributed by atoms with van der Waals surface area (Å²) in [6.45, 7) is 3.35. The van der Waals surface area contributed by atoms with Gasteiger partial charge in [-0.2, -0.15) is 0 Å². The standard InChI is InChI=1S/C50H46FN3O10/c1-57-41-9-6-7-34(29-41)33-62-50-48(56)42-10-2-3-11-45(42)64-49(50)36-14-19-39(20-15-36)60-23-5-4-8-38-32-54(53-52-38)22-24-58-25-26-59-27-28-61-40-17-12-35(13-18-40)47-31-44(55)43-30-37(51)16-21-46(43)63-47/h2-3,6-7,9-21,29-32H,4-5,8,22-28,33H2,1H3. The summed E-state index contributed by atoms with van der Waals surface area (Å²) in [5, 5.41) is 9.17. The highest BCUT2D eigenvalue weighted by atomic mass is 19.1. The molecule has 8 aromatic rings. The van der Waals surface area contributed by atoms with Crippen LogP contribution in [-0.2, 0) is 29.0 Å². The lowest BCUT2D eigenvalue weighted by Gasteiger charge is -2.13. The number of halogens is 1. The Balaban J connectivity index is 0.699. The minimum Gasteiger partial charge on any atom is -0.497 e. The molecule has 0 bridgehead atoms. The average Bonchev–Trinajstić information content (AvgIpc) is 3.78. The van der Waals surface area contributed by atoms with E-state index in [1.54, 1.807) is 54.3 Å².